The number of aromatic nitrogens is 1. The quantitative estimate of drug-likeness (QED) is 0.660. The number of carbonyl (C=O) groups is 1. The summed E-state index contributed by atoms with van der Waals surface area (Å²) in [5.74, 6) is 1.19. The molecule has 1 aromatic heterocycles. The molecule has 0 aliphatic heterocycles. The van der Waals surface area contributed by atoms with Crippen molar-refractivity contribution in [2.45, 2.75) is 19.8 Å². The average Bonchev–Trinajstić information content (AvgIpc) is 3.01. The zero-order chi connectivity index (χ0) is 16.9. The van der Waals surface area contributed by atoms with Gasteiger partial charge in [-0.05, 0) is 49.6 Å². The van der Waals surface area contributed by atoms with E-state index in [9.17, 15) is 4.79 Å². The number of ether oxygens (including phenoxy) is 1. The maximum Gasteiger partial charge on any atom is 0.337 e. The second kappa shape index (κ2) is 7.13. The SMILES string of the molecule is COC(=O)c1ccc(CCc2nc(-c3ccccc3)oc2C)cc1. The van der Waals surface area contributed by atoms with E-state index in [4.69, 9.17) is 9.15 Å². The fourth-order valence-corrected chi connectivity index (χ4v) is 2.55. The lowest BCUT2D eigenvalue weighted by Crippen LogP contribution is -2.01. The average molecular weight is 321 g/mol. The third kappa shape index (κ3) is 3.54. The van der Waals surface area contributed by atoms with Crippen LogP contribution < -0.4 is 0 Å². The highest BCUT2D eigenvalue weighted by Gasteiger charge is 2.11. The molecule has 0 unspecified atom stereocenters. The van der Waals surface area contributed by atoms with E-state index in [1.165, 1.54) is 7.11 Å². The molecule has 4 nitrogen and oxygen atoms in total. The molecule has 0 aliphatic carbocycles. The zero-order valence-corrected chi connectivity index (χ0v) is 13.8. The van der Waals surface area contributed by atoms with Gasteiger partial charge in [0.05, 0.1) is 18.4 Å². The van der Waals surface area contributed by atoms with Crippen LogP contribution >= 0.6 is 0 Å². The lowest BCUT2D eigenvalue weighted by molar-refractivity contribution is 0.0600. The molecular formula is C20H19NO3. The van der Waals surface area contributed by atoms with Gasteiger partial charge in [-0.25, -0.2) is 9.78 Å². The molecule has 0 amide bonds. The first kappa shape index (κ1) is 16.0. The maximum absolute atomic E-state index is 11.4. The summed E-state index contributed by atoms with van der Waals surface area (Å²) >= 11 is 0. The number of hydrogen-bond acceptors (Lipinski definition) is 4. The van der Waals surface area contributed by atoms with Crippen LogP contribution in [0.3, 0.4) is 0 Å². The minimum atomic E-state index is -0.318. The minimum Gasteiger partial charge on any atom is -0.465 e. The van der Waals surface area contributed by atoms with Crippen LogP contribution in [0.4, 0.5) is 0 Å². The molecule has 4 heteroatoms. The maximum atomic E-state index is 11.4. The molecule has 0 saturated carbocycles. The van der Waals surface area contributed by atoms with E-state index < -0.39 is 0 Å². The van der Waals surface area contributed by atoms with Gasteiger partial charge < -0.3 is 9.15 Å². The van der Waals surface area contributed by atoms with Gasteiger partial charge in [-0.15, -0.1) is 0 Å². The number of rotatable bonds is 5. The van der Waals surface area contributed by atoms with Gasteiger partial charge in [-0.1, -0.05) is 30.3 Å². The van der Waals surface area contributed by atoms with Crippen molar-refractivity contribution in [2.75, 3.05) is 7.11 Å². The lowest BCUT2D eigenvalue weighted by Gasteiger charge is -2.02. The number of nitrogens with zero attached hydrogens (tertiary/aromatic N) is 1. The van der Waals surface area contributed by atoms with Crippen molar-refractivity contribution in [3.63, 3.8) is 0 Å². The summed E-state index contributed by atoms with van der Waals surface area (Å²) in [6.07, 6.45) is 1.63. The van der Waals surface area contributed by atoms with Gasteiger partial charge in [0, 0.05) is 5.56 Å². The van der Waals surface area contributed by atoms with Crippen molar-refractivity contribution in [2.24, 2.45) is 0 Å². The third-order valence-electron chi connectivity index (χ3n) is 3.94. The van der Waals surface area contributed by atoms with Crippen LogP contribution in [0.5, 0.6) is 0 Å². The number of hydrogen-bond donors (Lipinski definition) is 0. The Morgan fingerprint density at radius 3 is 2.42 bits per heavy atom. The molecule has 0 saturated heterocycles. The van der Waals surface area contributed by atoms with E-state index >= 15 is 0 Å². The predicted molar refractivity (Wildman–Crippen MR) is 91.9 cm³/mol. The normalized spacial score (nSPS) is 10.6. The Morgan fingerprint density at radius 2 is 1.75 bits per heavy atom. The van der Waals surface area contributed by atoms with E-state index in [0.29, 0.717) is 11.5 Å². The van der Waals surface area contributed by atoms with Gasteiger partial charge in [0.15, 0.2) is 0 Å². The molecule has 0 spiro atoms. The highest BCUT2D eigenvalue weighted by molar-refractivity contribution is 5.89. The topological polar surface area (TPSA) is 52.3 Å². The number of methoxy groups -OCH3 is 1. The summed E-state index contributed by atoms with van der Waals surface area (Å²) in [4.78, 5) is 16.1. The van der Waals surface area contributed by atoms with Crippen molar-refractivity contribution in [1.29, 1.82) is 0 Å². The molecule has 0 N–H and O–H groups in total. The van der Waals surface area contributed by atoms with Gasteiger partial charge in [-0.3, -0.25) is 0 Å². The van der Waals surface area contributed by atoms with E-state index in [1.54, 1.807) is 12.1 Å². The van der Waals surface area contributed by atoms with Crippen LogP contribution in [0.2, 0.25) is 0 Å². The molecule has 0 fully saturated rings. The molecule has 3 aromatic rings. The summed E-state index contributed by atoms with van der Waals surface area (Å²) in [6.45, 7) is 1.94. The number of benzene rings is 2. The summed E-state index contributed by atoms with van der Waals surface area (Å²) in [6, 6.07) is 17.3. The largest absolute Gasteiger partial charge is 0.465 e. The standard InChI is InChI=1S/C20H19NO3/c1-14-18(21-19(24-14)16-6-4-3-5-7-16)13-10-15-8-11-17(12-9-15)20(22)23-2/h3-9,11-12H,10,13H2,1-2H3. The Labute approximate surface area is 141 Å². The van der Waals surface area contributed by atoms with Gasteiger partial charge >= 0.3 is 5.97 Å². The number of oxazole rings is 1. The first-order valence-electron chi connectivity index (χ1n) is 7.86. The lowest BCUT2D eigenvalue weighted by atomic mass is 10.1. The first-order valence-corrected chi connectivity index (χ1v) is 7.86. The van der Waals surface area contributed by atoms with Crippen LogP contribution in [0, 0.1) is 6.92 Å². The molecule has 0 bridgehead atoms. The molecule has 122 valence electrons. The molecular weight excluding hydrogens is 302 g/mol. The Kier molecular flexibility index (Phi) is 4.75. The highest BCUT2D eigenvalue weighted by atomic mass is 16.5. The van der Waals surface area contributed by atoms with Crippen LogP contribution in [0.15, 0.2) is 59.0 Å². The van der Waals surface area contributed by atoms with Crippen LogP contribution in [0.25, 0.3) is 11.5 Å². The Bertz CT molecular complexity index is 820. The fraction of sp³-hybridized carbons (Fsp3) is 0.200. The second-order valence-corrected chi connectivity index (χ2v) is 5.58. The van der Waals surface area contributed by atoms with Crippen molar-refractivity contribution in [3.05, 3.63) is 77.2 Å². The molecule has 0 radical (unpaired) electrons. The Morgan fingerprint density at radius 1 is 1.04 bits per heavy atom. The van der Waals surface area contributed by atoms with Crippen molar-refractivity contribution in [1.82, 2.24) is 4.98 Å². The third-order valence-corrected chi connectivity index (χ3v) is 3.94. The van der Waals surface area contributed by atoms with E-state index in [1.807, 2.05) is 49.4 Å². The van der Waals surface area contributed by atoms with Crippen LogP contribution in [-0.2, 0) is 17.6 Å². The van der Waals surface area contributed by atoms with Crippen molar-refractivity contribution < 1.29 is 13.9 Å². The second-order valence-electron chi connectivity index (χ2n) is 5.58. The van der Waals surface area contributed by atoms with Gasteiger partial charge in [-0.2, -0.15) is 0 Å². The highest BCUT2D eigenvalue weighted by Crippen LogP contribution is 2.22. The minimum absolute atomic E-state index is 0.318. The van der Waals surface area contributed by atoms with E-state index in [-0.39, 0.29) is 5.97 Å². The zero-order valence-electron chi connectivity index (χ0n) is 13.8. The molecule has 24 heavy (non-hydrogen) atoms. The molecule has 0 atom stereocenters. The van der Waals surface area contributed by atoms with Crippen LogP contribution in [0.1, 0.15) is 27.4 Å². The predicted octanol–water partition coefficient (Wildman–Crippen LogP) is 4.22. The summed E-state index contributed by atoms with van der Waals surface area (Å²) in [5.41, 5.74) is 3.65. The fourth-order valence-electron chi connectivity index (χ4n) is 2.55. The number of esters is 1. The molecule has 0 aliphatic rings. The van der Waals surface area contributed by atoms with E-state index in [0.717, 1.165) is 35.4 Å². The summed E-state index contributed by atoms with van der Waals surface area (Å²) in [7, 11) is 1.38. The van der Waals surface area contributed by atoms with Gasteiger partial charge in [0.25, 0.3) is 0 Å². The molecule has 2 aromatic carbocycles. The van der Waals surface area contributed by atoms with Crippen molar-refractivity contribution >= 4 is 5.97 Å². The molecule has 1 heterocycles. The molecule has 3 rings (SSSR count). The van der Waals surface area contributed by atoms with Crippen molar-refractivity contribution in [3.8, 4) is 11.5 Å². The monoisotopic (exact) mass is 321 g/mol. The van der Waals surface area contributed by atoms with Gasteiger partial charge in [0.1, 0.15) is 5.76 Å². The summed E-state index contributed by atoms with van der Waals surface area (Å²) < 4.78 is 10.5. The first-order chi connectivity index (χ1) is 11.7. The van der Waals surface area contributed by atoms with E-state index in [2.05, 4.69) is 4.98 Å². The van der Waals surface area contributed by atoms with Gasteiger partial charge in [0.2, 0.25) is 5.89 Å². The summed E-state index contributed by atoms with van der Waals surface area (Å²) in [5, 5.41) is 0. The Balaban J connectivity index is 1.69. The smallest absolute Gasteiger partial charge is 0.337 e. The number of aryl methyl sites for hydroxylation is 3. The van der Waals surface area contributed by atoms with Crippen LogP contribution in [-0.4, -0.2) is 18.1 Å². The Hall–Kier alpha value is -2.88. The number of carbonyl (C=O) groups excluding carboxylic acids is 1.